The van der Waals surface area contributed by atoms with E-state index in [9.17, 15) is 14.0 Å². The normalized spacial score (nSPS) is 15.1. The summed E-state index contributed by atoms with van der Waals surface area (Å²) < 4.78 is 19.6. The summed E-state index contributed by atoms with van der Waals surface area (Å²) in [6.07, 6.45) is 1.39. The molecule has 0 spiro atoms. The summed E-state index contributed by atoms with van der Waals surface area (Å²) in [7, 11) is 1.62. The van der Waals surface area contributed by atoms with E-state index in [2.05, 4.69) is 15.9 Å². The monoisotopic (exact) mass is 544 g/mol. The second kappa shape index (κ2) is 11.3. The van der Waals surface area contributed by atoms with Crippen molar-refractivity contribution in [1.82, 2.24) is 9.80 Å². The fourth-order valence-corrected chi connectivity index (χ4v) is 5.60. The molecule has 1 aromatic heterocycles. The number of nitrogens with zero attached hydrogens (tertiary/aromatic N) is 2. The Morgan fingerprint density at radius 2 is 2.00 bits per heavy atom. The molecule has 5 nitrogen and oxygen atoms in total. The summed E-state index contributed by atoms with van der Waals surface area (Å²) in [5.41, 5.74) is 2.45. The van der Waals surface area contributed by atoms with Crippen LogP contribution in [0.25, 0.3) is 0 Å². The van der Waals surface area contributed by atoms with Gasteiger partial charge >= 0.3 is 0 Å². The molecule has 1 unspecified atom stereocenters. The number of rotatable bonds is 8. The molecule has 2 heterocycles. The number of amides is 2. The van der Waals surface area contributed by atoms with Crippen LogP contribution in [0, 0.1) is 5.82 Å². The van der Waals surface area contributed by atoms with E-state index < -0.39 is 0 Å². The van der Waals surface area contributed by atoms with Crippen molar-refractivity contribution in [2.45, 2.75) is 18.9 Å². The third-order valence-electron chi connectivity index (χ3n) is 5.93. The molecule has 0 fully saturated rings. The van der Waals surface area contributed by atoms with Gasteiger partial charge in [-0.25, -0.2) is 4.39 Å². The van der Waals surface area contributed by atoms with Gasteiger partial charge in [0.25, 0.3) is 5.91 Å². The topological polar surface area (TPSA) is 49.9 Å². The lowest BCUT2D eigenvalue weighted by molar-refractivity contribution is -0.134. The number of hydrogen-bond donors (Lipinski definition) is 0. The van der Waals surface area contributed by atoms with Crippen molar-refractivity contribution < 1.29 is 18.7 Å². The SMILES string of the molecule is COCCCN(CC(=O)N1CCc2sccc2C1c1ccc(F)cc1)C(=O)c1cccc(Br)c1. The van der Waals surface area contributed by atoms with Crippen LogP contribution in [0.15, 0.2) is 64.5 Å². The van der Waals surface area contributed by atoms with Gasteiger partial charge in [-0.05, 0) is 65.7 Å². The number of methoxy groups -OCH3 is 1. The minimum absolute atomic E-state index is 0.0355. The maximum Gasteiger partial charge on any atom is 0.254 e. The Hall–Kier alpha value is -2.55. The van der Waals surface area contributed by atoms with Crippen LogP contribution in [0.2, 0.25) is 0 Å². The molecule has 8 heteroatoms. The number of benzene rings is 2. The highest BCUT2D eigenvalue weighted by molar-refractivity contribution is 9.10. The lowest BCUT2D eigenvalue weighted by Crippen LogP contribution is -2.47. The van der Waals surface area contributed by atoms with Crippen LogP contribution in [0.4, 0.5) is 4.39 Å². The molecule has 0 N–H and O–H groups in total. The number of halogens is 2. The average Bonchev–Trinajstić information content (AvgIpc) is 3.32. The highest BCUT2D eigenvalue weighted by Crippen LogP contribution is 2.38. The molecule has 0 bridgehead atoms. The highest BCUT2D eigenvalue weighted by Gasteiger charge is 2.34. The number of fused-ring (bicyclic) bond motifs is 1. The van der Waals surface area contributed by atoms with Crippen molar-refractivity contribution in [3.63, 3.8) is 0 Å². The smallest absolute Gasteiger partial charge is 0.254 e. The Labute approximate surface area is 211 Å². The molecule has 0 saturated heterocycles. The largest absolute Gasteiger partial charge is 0.385 e. The van der Waals surface area contributed by atoms with E-state index in [0.29, 0.717) is 31.7 Å². The lowest BCUT2D eigenvalue weighted by atomic mass is 9.93. The van der Waals surface area contributed by atoms with E-state index in [0.717, 1.165) is 22.0 Å². The van der Waals surface area contributed by atoms with Crippen molar-refractivity contribution in [3.05, 3.63) is 91.8 Å². The van der Waals surface area contributed by atoms with E-state index in [-0.39, 0.29) is 30.2 Å². The first-order chi connectivity index (χ1) is 16.5. The molecule has 0 radical (unpaired) electrons. The predicted octanol–water partition coefficient (Wildman–Crippen LogP) is 5.30. The summed E-state index contributed by atoms with van der Waals surface area (Å²) >= 11 is 5.09. The summed E-state index contributed by atoms with van der Waals surface area (Å²) in [6.45, 7) is 1.41. The molecule has 3 aromatic rings. The van der Waals surface area contributed by atoms with Crippen LogP contribution in [0.5, 0.6) is 0 Å². The number of carbonyl (C=O) groups is 2. The minimum atomic E-state index is -0.313. The first-order valence-electron chi connectivity index (χ1n) is 11.1. The molecule has 1 atom stereocenters. The molecule has 34 heavy (non-hydrogen) atoms. The molecule has 2 aromatic carbocycles. The Kier molecular flexibility index (Phi) is 8.13. The summed E-state index contributed by atoms with van der Waals surface area (Å²) in [5.74, 6) is -0.642. The van der Waals surface area contributed by atoms with E-state index >= 15 is 0 Å². The van der Waals surface area contributed by atoms with Gasteiger partial charge in [0.15, 0.2) is 0 Å². The fourth-order valence-electron chi connectivity index (χ4n) is 4.30. The van der Waals surface area contributed by atoms with Crippen molar-refractivity contribution in [3.8, 4) is 0 Å². The van der Waals surface area contributed by atoms with Crippen LogP contribution < -0.4 is 0 Å². The zero-order chi connectivity index (χ0) is 24.1. The van der Waals surface area contributed by atoms with Crippen molar-refractivity contribution >= 4 is 39.1 Å². The van der Waals surface area contributed by atoms with Crippen LogP contribution in [0.3, 0.4) is 0 Å². The van der Waals surface area contributed by atoms with Crippen molar-refractivity contribution in [2.75, 3.05) is 33.4 Å². The van der Waals surface area contributed by atoms with Crippen LogP contribution in [-0.4, -0.2) is 55.0 Å². The van der Waals surface area contributed by atoms with Crippen LogP contribution >= 0.6 is 27.3 Å². The van der Waals surface area contributed by atoms with Crippen molar-refractivity contribution in [2.24, 2.45) is 0 Å². The Bertz CT molecular complexity index is 1150. The van der Waals surface area contributed by atoms with Gasteiger partial charge in [-0.3, -0.25) is 9.59 Å². The third-order valence-corrected chi connectivity index (χ3v) is 7.42. The fraction of sp³-hybridized carbons (Fsp3) is 0.308. The first-order valence-corrected chi connectivity index (χ1v) is 12.8. The Balaban J connectivity index is 1.60. The highest BCUT2D eigenvalue weighted by atomic mass is 79.9. The molecule has 178 valence electrons. The molecule has 1 aliphatic heterocycles. The summed E-state index contributed by atoms with van der Waals surface area (Å²) in [4.78, 5) is 31.6. The number of carbonyl (C=O) groups excluding carboxylic acids is 2. The maximum absolute atomic E-state index is 13.6. The minimum Gasteiger partial charge on any atom is -0.385 e. The summed E-state index contributed by atoms with van der Waals surface area (Å²) in [5, 5.41) is 2.03. The summed E-state index contributed by atoms with van der Waals surface area (Å²) in [6, 6.07) is 15.2. The van der Waals surface area contributed by atoms with E-state index in [1.165, 1.54) is 17.0 Å². The van der Waals surface area contributed by atoms with Crippen LogP contribution in [-0.2, 0) is 16.0 Å². The zero-order valence-electron chi connectivity index (χ0n) is 18.9. The number of thiophene rings is 1. The van der Waals surface area contributed by atoms with Crippen LogP contribution in [0.1, 0.15) is 38.8 Å². The van der Waals surface area contributed by atoms with Gasteiger partial charge in [-0.2, -0.15) is 0 Å². The second-order valence-electron chi connectivity index (χ2n) is 8.17. The standard InChI is InChI=1S/C26H26BrFN2O3S/c1-33-14-3-12-29(26(32)19-4-2-5-20(27)16-19)17-24(31)30-13-10-23-22(11-15-34-23)25(30)18-6-8-21(28)9-7-18/h2,4-9,11,15-16,25H,3,10,12-14,17H2,1H3. The lowest BCUT2D eigenvalue weighted by Gasteiger charge is -2.37. The third kappa shape index (κ3) is 5.56. The molecule has 4 rings (SSSR count). The number of ether oxygens (including phenoxy) is 1. The van der Waals surface area contributed by atoms with Gasteiger partial charge in [0.2, 0.25) is 5.91 Å². The van der Waals surface area contributed by atoms with E-state index in [4.69, 9.17) is 4.74 Å². The van der Waals surface area contributed by atoms with Gasteiger partial charge in [0.1, 0.15) is 12.4 Å². The van der Waals surface area contributed by atoms with Gasteiger partial charge in [0.05, 0.1) is 6.04 Å². The average molecular weight is 545 g/mol. The van der Waals surface area contributed by atoms with Gasteiger partial charge in [-0.15, -0.1) is 11.3 Å². The van der Waals surface area contributed by atoms with Gasteiger partial charge < -0.3 is 14.5 Å². The van der Waals surface area contributed by atoms with E-state index in [1.807, 2.05) is 22.4 Å². The first kappa shape index (κ1) is 24.6. The molecular formula is C26H26BrFN2O3S. The quantitative estimate of drug-likeness (QED) is 0.361. The zero-order valence-corrected chi connectivity index (χ0v) is 21.3. The molecule has 1 aliphatic rings. The van der Waals surface area contributed by atoms with Gasteiger partial charge in [0, 0.05) is 41.7 Å². The maximum atomic E-state index is 13.6. The molecule has 0 saturated carbocycles. The molecule has 2 amide bonds. The second-order valence-corrected chi connectivity index (χ2v) is 10.1. The predicted molar refractivity (Wildman–Crippen MR) is 135 cm³/mol. The van der Waals surface area contributed by atoms with E-state index in [1.54, 1.807) is 53.7 Å². The molecule has 0 aliphatic carbocycles. The molecular weight excluding hydrogens is 519 g/mol. The Morgan fingerprint density at radius 1 is 1.21 bits per heavy atom. The number of hydrogen-bond acceptors (Lipinski definition) is 4. The Morgan fingerprint density at radius 3 is 2.74 bits per heavy atom. The van der Waals surface area contributed by atoms with Gasteiger partial charge in [-0.1, -0.05) is 34.1 Å². The van der Waals surface area contributed by atoms with Crippen molar-refractivity contribution in [1.29, 1.82) is 0 Å².